The Hall–Kier alpha value is -2.04. The molecule has 5 heteroatoms. The predicted octanol–water partition coefficient (Wildman–Crippen LogP) is 4.79. The minimum Gasteiger partial charge on any atom is -0.461 e. The lowest BCUT2D eigenvalue weighted by atomic mass is 9.97. The lowest BCUT2D eigenvalue weighted by Crippen LogP contribution is -2.43. The van der Waals surface area contributed by atoms with E-state index in [0.29, 0.717) is 32.5 Å². The van der Waals surface area contributed by atoms with E-state index in [1.54, 1.807) is 4.90 Å². The smallest absolute Gasteiger partial charge is 0.410 e. The Kier molecular flexibility index (Phi) is 9.17. The molecule has 1 heterocycles. The van der Waals surface area contributed by atoms with Crippen LogP contribution >= 0.6 is 0 Å². The number of rotatable bonds is 5. The van der Waals surface area contributed by atoms with Gasteiger partial charge in [0.05, 0.1) is 5.92 Å². The number of piperidine rings is 1. The van der Waals surface area contributed by atoms with E-state index >= 15 is 0 Å². The van der Waals surface area contributed by atoms with E-state index in [-0.39, 0.29) is 18.0 Å². The summed E-state index contributed by atoms with van der Waals surface area (Å²) >= 11 is 0. The number of carbonyl (C=O) groups excluding carboxylic acids is 2. The van der Waals surface area contributed by atoms with Gasteiger partial charge in [-0.2, -0.15) is 0 Å². The number of nitrogens with zero attached hydrogens (tertiary/aromatic N) is 1. The highest BCUT2D eigenvalue weighted by atomic mass is 16.6. The normalized spacial score (nSPS) is 14.9. The molecule has 0 bridgehead atoms. The minimum atomic E-state index is -0.456. The number of likely N-dealkylation sites (tertiary alicyclic amines) is 1. The van der Waals surface area contributed by atoms with Crippen LogP contribution in [-0.2, 0) is 20.9 Å². The first-order valence-corrected chi connectivity index (χ1v) is 9.60. The molecule has 1 saturated heterocycles. The number of benzene rings is 1. The summed E-state index contributed by atoms with van der Waals surface area (Å²) in [5, 5.41) is 0. The molecule has 0 saturated carbocycles. The quantitative estimate of drug-likeness (QED) is 0.706. The third-order valence-electron chi connectivity index (χ3n) is 4.53. The summed E-state index contributed by atoms with van der Waals surface area (Å²) in [6, 6.07) is 9.64. The molecule has 1 aliphatic rings. The first kappa shape index (κ1) is 22.0. The van der Waals surface area contributed by atoms with Crippen LogP contribution in [0.2, 0.25) is 0 Å². The fourth-order valence-electron chi connectivity index (χ4n) is 2.52. The summed E-state index contributed by atoms with van der Waals surface area (Å²) in [6.07, 6.45) is 1.71. The molecular weight excluding hydrogens is 330 g/mol. The van der Waals surface area contributed by atoms with Crippen molar-refractivity contribution in [3.8, 4) is 0 Å². The fourth-order valence-corrected chi connectivity index (χ4v) is 2.52. The molecule has 146 valence electrons. The van der Waals surface area contributed by atoms with Gasteiger partial charge in [-0.05, 0) is 38.7 Å². The lowest BCUT2D eigenvalue weighted by molar-refractivity contribution is -0.151. The molecule has 0 spiro atoms. The van der Waals surface area contributed by atoms with Gasteiger partial charge in [0.25, 0.3) is 0 Å². The van der Waals surface area contributed by atoms with E-state index in [1.807, 2.05) is 65.0 Å². The third kappa shape index (κ3) is 7.06. The van der Waals surface area contributed by atoms with E-state index in [4.69, 9.17) is 9.47 Å². The van der Waals surface area contributed by atoms with Gasteiger partial charge >= 0.3 is 12.1 Å². The average Bonchev–Trinajstić information content (AvgIpc) is 2.68. The minimum absolute atomic E-state index is 0.142. The molecule has 0 unspecified atom stereocenters. The van der Waals surface area contributed by atoms with Crippen LogP contribution < -0.4 is 0 Å². The average molecular weight is 363 g/mol. The largest absolute Gasteiger partial charge is 0.461 e. The van der Waals surface area contributed by atoms with Gasteiger partial charge in [-0.3, -0.25) is 4.79 Å². The van der Waals surface area contributed by atoms with Gasteiger partial charge in [0.2, 0.25) is 0 Å². The zero-order chi connectivity index (χ0) is 19.6. The second-order valence-electron chi connectivity index (χ2n) is 6.84. The van der Waals surface area contributed by atoms with Gasteiger partial charge in [-0.25, -0.2) is 4.79 Å². The van der Waals surface area contributed by atoms with Crippen LogP contribution in [0, 0.1) is 5.92 Å². The van der Waals surface area contributed by atoms with Crippen molar-refractivity contribution in [3.05, 3.63) is 35.9 Å². The molecule has 2 rings (SSSR count). The van der Waals surface area contributed by atoms with Crippen molar-refractivity contribution in [3.63, 3.8) is 0 Å². The molecule has 1 aliphatic heterocycles. The van der Waals surface area contributed by atoms with Crippen LogP contribution in [-0.4, -0.2) is 35.7 Å². The van der Waals surface area contributed by atoms with Gasteiger partial charge < -0.3 is 14.4 Å². The van der Waals surface area contributed by atoms with Gasteiger partial charge in [0, 0.05) is 13.1 Å². The molecule has 5 nitrogen and oxygen atoms in total. The highest BCUT2D eigenvalue weighted by molar-refractivity contribution is 5.73. The molecular formula is C21H33NO4. The summed E-state index contributed by atoms with van der Waals surface area (Å²) in [6.45, 7) is 11.2. The number of hydrogen-bond acceptors (Lipinski definition) is 4. The van der Waals surface area contributed by atoms with E-state index in [0.717, 1.165) is 12.0 Å². The van der Waals surface area contributed by atoms with Gasteiger partial charge in [0.1, 0.15) is 12.2 Å². The van der Waals surface area contributed by atoms with Crippen molar-refractivity contribution < 1.29 is 19.1 Å². The number of esters is 1. The van der Waals surface area contributed by atoms with Crippen LogP contribution in [0.3, 0.4) is 0 Å². The highest BCUT2D eigenvalue weighted by Crippen LogP contribution is 2.22. The monoisotopic (exact) mass is 363 g/mol. The highest BCUT2D eigenvalue weighted by Gasteiger charge is 2.31. The Bertz CT molecular complexity index is 548. The molecule has 1 fully saturated rings. The third-order valence-corrected chi connectivity index (χ3v) is 4.53. The second kappa shape index (κ2) is 10.8. The van der Waals surface area contributed by atoms with Crippen LogP contribution in [0.15, 0.2) is 30.3 Å². The molecule has 26 heavy (non-hydrogen) atoms. The Morgan fingerprint density at radius 2 is 1.69 bits per heavy atom. The Morgan fingerprint density at radius 1 is 1.12 bits per heavy atom. The number of hydrogen-bond donors (Lipinski definition) is 0. The first-order valence-electron chi connectivity index (χ1n) is 9.60. The van der Waals surface area contributed by atoms with Crippen LogP contribution in [0.1, 0.15) is 59.4 Å². The van der Waals surface area contributed by atoms with Crippen molar-refractivity contribution in [2.75, 3.05) is 13.1 Å². The predicted molar refractivity (Wildman–Crippen MR) is 103 cm³/mol. The Labute approximate surface area is 157 Å². The zero-order valence-corrected chi connectivity index (χ0v) is 16.8. The van der Waals surface area contributed by atoms with Crippen LogP contribution in [0.5, 0.6) is 0 Å². The SMILES string of the molecule is CC.CCC(C)(C)OC(=O)N1CCC(C(=O)OCc2ccccc2)CC1. The van der Waals surface area contributed by atoms with Gasteiger partial charge in [0.15, 0.2) is 0 Å². The van der Waals surface area contributed by atoms with E-state index < -0.39 is 5.60 Å². The molecule has 0 atom stereocenters. The van der Waals surface area contributed by atoms with Crippen molar-refractivity contribution in [1.82, 2.24) is 4.90 Å². The fraction of sp³-hybridized carbons (Fsp3) is 0.619. The summed E-state index contributed by atoms with van der Waals surface area (Å²) in [5.74, 6) is -0.322. The first-order chi connectivity index (χ1) is 12.4. The molecule has 0 N–H and O–H groups in total. The van der Waals surface area contributed by atoms with E-state index in [2.05, 4.69) is 0 Å². The zero-order valence-electron chi connectivity index (χ0n) is 16.8. The van der Waals surface area contributed by atoms with E-state index in [9.17, 15) is 9.59 Å². The molecule has 0 aliphatic carbocycles. The summed E-state index contributed by atoms with van der Waals surface area (Å²) in [7, 11) is 0. The van der Waals surface area contributed by atoms with E-state index in [1.165, 1.54) is 0 Å². The van der Waals surface area contributed by atoms with Gasteiger partial charge in [-0.1, -0.05) is 51.1 Å². The molecule has 1 aromatic rings. The number of carbonyl (C=O) groups is 2. The number of amides is 1. The maximum absolute atomic E-state index is 12.2. The summed E-state index contributed by atoms with van der Waals surface area (Å²) in [5.41, 5.74) is 0.524. The van der Waals surface area contributed by atoms with Crippen molar-refractivity contribution in [2.45, 2.75) is 66.1 Å². The topological polar surface area (TPSA) is 55.8 Å². The standard InChI is InChI=1S/C19H27NO4.C2H6/c1-4-19(2,3)24-18(22)20-12-10-16(11-13-20)17(21)23-14-15-8-6-5-7-9-15;1-2/h5-9,16H,4,10-14H2,1-3H3;1-2H3. The van der Waals surface area contributed by atoms with Crippen LogP contribution in [0.4, 0.5) is 4.79 Å². The summed E-state index contributed by atoms with van der Waals surface area (Å²) < 4.78 is 10.9. The van der Waals surface area contributed by atoms with Crippen LogP contribution in [0.25, 0.3) is 0 Å². The maximum Gasteiger partial charge on any atom is 0.410 e. The molecule has 0 radical (unpaired) electrons. The van der Waals surface area contributed by atoms with Gasteiger partial charge in [-0.15, -0.1) is 0 Å². The van der Waals surface area contributed by atoms with Crippen molar-refractivity contribution in [1.29, 1.82) is 0 Å². The Balaban J connectivity index is 0.00000163. The Morgan fingerprint density at radius 3 is 2.23 bits per heavy atom. The molecule has 0 aromatic heterocycles. The van der Waals surface area contributed by atoms with Crippen molar-refractivity contribution in [2.24, 2.45) is 5.92 Å². The summed E-state index contributed by atoms with van der Waals surface area (Å²) in [4.78, 5) is 26.0. The second-order valence-corrected chi connectivity index (χ2v) is 6.84. The lowest BCUT2D eigenvalue weighted by Gasteiger charge is -2.33. The van der Waals surface area contributed by atoms with Crippen molar-refractivity contribution >= 4 is 12.1 Å². The molecule has 1 amide bonds. The maximum atomic E-state index is 12.2. The number of ether oxygens (including phenoxy) is 2. The molecule has 1 aromatic carbocycles.